The molecule has 0 saturated carbocycles. The molecule has 1 fully saturated rings. The largest absolute Gasteiger partial charge is 0.377 e. The van der Waals surface area contributed by atoms with Gasteiger partial charge in [0.05, 0.1) is 31.3 Å². The molecule has 25 heteroatoms. The van der Waals surface area contributed by atoms with Gasteiger partial charge in [0.25, 0.3) is 0 Å². The van der Waals surface area contributed by atoms with Crippen LogP contribution in [0.5, 0.6) is 0 Å². The number of rotatable bonds is 13. The van der Waals surface area contributed by atoms with Crippen LogP contribution >= 0.6 is 15.9 Å². The Bertz CT molecular complexity index is 3210. The average Bonchev–Trinajstić information content (AvgIpc) is 4.09. The Morgan fingerprint density at radius 2 is 1.12 bits per heavy atom. The summed E-state index contributed by atoms with van der Waals surface area (Å²) in [5.74, 6) is -13.0. The summed E-state index contributed by atoms with van der Waals surface area (Å²) < 4.78 is 120. The normalized spacial score (nSPS) is 14.5. The second-order valence-corrected chi connectivity index (χ2v) is 17.0. The molecule has 0 radical (unpaired) electrons. The maximum Gasteiger partial charge on any atom is 0.323 e. The van der Waals surface area contributed by atoms with Crippen LogP contribution < -0.4 is 9.80 Å². The first-order chi connectivity index (χ1) is 34.3. The van der Waals surface area contributed by atoms with E-state index in [1.807, 2.05) is 17.0 Å². The number of hydrogen-bond donors (Lipinski definition) is 2. The van der Waals surface area contributed by atoms with Gasteiger partial charge in [-0.15, -0.1) is 10.2 Å². The van der Waals surface area contributed by atoms with Gasteiger partial charge < -0.3 is 20.0 Å². The van der Waals surface area contributed by atoms with Crippen molar-refractivity contribution in [2.24, 2.45) is 0 Å². The zero-order valence-electron chi connectivity index (χ0n) is 36.8. The molecule has 4 aromatic heterocycles. The van der Waals surface area contributed by atoms with Gasteiger partial charge in [-0.2, -0.15) is 22.8 Å². The molecule has 0 unspecified atom stereocenters. The Labute approximate surface area is 417 Å². The van der Waals surface area contributed by atoms with Crippen molar-refractivity contribution in [2.75, 3.05) is 29.4 Å². The highest BCUT2D eigenvalue weighted by atomic mass is 79.9. The number of nitrogens with zero attached hydrogens (tertiary/aromatic N) is 13. The fraction of sp³-hybridized carbons (Fsp3) is 0.208. The topological polar surface area (TPSA) is 201 Å². The standard InChI is InChI=1S/C32H24F4N8O2.C15H10BrF4N5O.CH4/c33-24-6-11-27(28(34)15-24)31(46,19-43-20-39-40-41-43)32(35,36)29-12-5-23(17-38-29)22-3-9-26(10-4-22)44-14-13-42(18-30(44)45)25-7-1-21(16-37)2-8-25;16-9-1-4-13(21-6-9)15(19,20)14(26,7-25-8-22-23-24-25)11-3-2-10(17)5-12(11)18;/h1-12,15,17,20,46H,13-14,18-19H2;1-6,8,26H,7H2;1H4/t31-;14-;/m00./s1. The van der Waals surface area contributed by atoms with Crippen LogP contribution in [0.25, 0.3) is 11.1 Å². The van der Waals surface area contributed by atoms with E-state index in [4.69, 9.17) is 5.26 Å². The number of carbonyl (C=O) groups is 1. The van der Waals surface area contributed by atoms with Gasteiger partial charge in [-0.1, -0.05) is 25.6 Å². The summed E-state index contributed by atoms with van der Waals surface area (Å²) in [6, 6.07) is 24.6. The number of alkyl halides is 4. The van der Waals surface area contributed by atoms with Gasteiger partial charge in [-0.3, -0.25) is 14.8 Å². The van der Waals surface area contributed by atoms with Crippen molar-refractivity contribution >= 4 is 33.2 Å². The molecule has 16 nitrogen and oxygen atoms in total. The van der Waals surface area contributed by atoms with E-state index in [1.54, 1.807) is 41.3 Å². The molecule has 1 amide bonds. The molecular formula is C48H38BrF8N13O3. The number of piperazine rings is 1. The van der Waals surface area contributed by atoms with Crippen LogP contribution in [-0.4, -0.2) is 86.1 Å². The summed E-state index contributed by atoms with van der Waals surface area (Å²) in [6.07, 6.45) is 4.27. The molecule has 0 bridgehead atoms. The first kappa shape index (κ1) is 52.7. The van der Waals surface area contributed by atoms with E-state index in [2.05, 4.69) is 63.0 Å². The molecule has 5 heterocycles. The third-order valence-electron chi connectivity index (χ3n) is 11.6. The number of aromatic nitrogens is 10. The van der Waals surface area contributed by atoms with Crippen LogP contribution in [0.15, 0.2) is 139 Å². The van der Waals surface area contributed by atoms with Crippen molar-refractivity contribution in [1.29, 1.82) is 5.26 Å². The van der Waals surface area contributed by atoms with Gasteiger partial charge in [0.15, 0.2) is 11.2 Å². The Morgan fingerprint density at radius 1 is 0.630 bits per heavy atom. The molecule has 2 atom stereocenters. The third-order valence-corrected chi connectivity index (χ3v) is 12.1. The summed E-state index contributed by atoms with van der Waals surface area (Å²) in [5, 5.41) is 51.6. The molecule has 4 aromatic carbocycles. The fourth-order valence-corrected chi connectivity index (χ4v) is 8.05. The number of nitriles is 1. The molecule has 1 saturated heterocycles. The number of halogens is 9. The zero-order chi connectivity index (χ0) is 51.4. The van der Waals surface area contributed by atoms with Gasteiger partial charge in [0.1, 0.15) is 47.3 Å². The Kier molecular flexibility index (Phi) is 15.4. The molecule has 376 valence electrons. The second kappa shape index (κ2) is 21.3. The minimum Gasteiger partial charge on any atom is -0.377 e. The molecule has 2 N–H and O–H groups in total. The lowest BCUT2D eigenvalue weighted by Gasteiger charge is -2.36. The quantitative estimate of drug-likeness (QED) is 0.106. The second-order valence-electron chi connectivity index (χ2n) is 16.1. The summed E-state index contributed by atoms with van der Waals surface area (Å²) in [6.45, 7) is -0.671. The molecule has 0 aliphatic carbocycles. The van der Waals surface area contributed by atoms with Crippen molar-refractivity contribution in [3.8, 4) is 17.2 Å². The third kappa shape index (κ3) is 10.8. The summed E-state index contributed by atoms with van der Waals surface area (Å²) in [5.41, 5.74) is -6.57. The van der Waals surface area contributed by atoms with Crippen molar-refractivity contribution in [1.82, 2.24) is 50.4 Å². The van der Waals surface area contributed by atoms with E-state index in [-0.39, 0.29) is 19.9 Å². The minimum atomic E-state index is -4.18. The van der Waals surface area contributed by atoms with Crippen LogP contribution in [0.1, 0.15) is 35.5 Å². The zero-order valence-corrected chi connectivity index (χ0v) is 38.3. The van der Waals surface area contributed by atoms with Crippen molar-refractivity contribution < 1.29 is 50.1 Å². The number of benzene rings is 4. The Morgan fingerprint density at radius 3 is 1.55 bits per heavy atom. The summed E-state index contributed by atoms with van der Waals surface area (Å²) in [7, 11) is 0. The average molecular weight is 1080 g/mol. The number of hydrogen-bond acceptors (Lipinski definition) is 13. The lowest BCUT2D eigenvalue weighted by molar-refractivity contribution is -0.207. The van der Waals surface area contributed by atoms with Crippen LogP contribution in [-0.2, 0) is 40.9 Å². The highest BCUT2D eigenvalue weighted by Gasteiger charge is 2.59. The lowest BCUT2D eigenvalue weighted by atomic mass is 9.84. The van der Waals surface area contributed by atoms with E-state index in [0.717, 1.165) is 70.3 Å². The fourth-order valence-electron chi connectivity index (χ4n) is 7.81. The molecular weight excluding hydrogens is 1040 g/mol. The maximum absolute atomic E-state index is 16.1. The highest BCUT2D eigenvalue weighted by molar-refractivity contribution is 9.10. The number of pyridine rings is 2. The van der Waals surface area contributed by atoms with Crippen molar-refractivity contribution in [2.45, 2.75) is 43.6 Å². The molecule has 8 aromatic rings. The van der Waals surface area contributed by atoms with Gasteiger partial charge in [0, 0.05) is 70.2 Å². The Balaban J connectivity index is 0.000000245. The van der Waals surface area contributed by atoms with Gasteiger partial charge >= 0.3 is 11.8 Å². The predicted molar refractivity (Wildman–Crippen MR) is 248 cm³/mol. The van der Waals surface area contributed by atoms with E-state index < -0.39 is 81.9 Å². The summed E-state index contributed by atoms with van der Waals surface area (Å²) in [4.78, 5) is 24.1. The minimum absolute atomic E-state index is 0. The predicted octanol–water partition coefficient (Wildman–Crippen LogP) is 7.84. The number of tetrazole rings is 2. The van der Waals surface area contributed by atoms with E-state index in [1.165, 1.54) is 18.3 Å². The number of amides is 1. The SMILES string of the molecule is C.N#Cc1ccc(N2CCN(c3ccc(-c4ccc(C(F)(F)[C@](O)(Cn5cnnn5)c5ccc(F)cc5F)nc4)cc3)C(=O)C2)cc1.O[C@@](Cn1cnnn1)(c1ccc(F)cc1F)C(F)(F)c1ccc(Br)cn1. The maximum atomic E-state index is 16.1. The summed E-state index contributed by atoms with van der Waals surface area (Å²) >= 11 is 3.07. The van der Waals surface area contributed by atoms with Crippen molar-refractivity contribution in [3.63, 3.8) is 0 Å². The molecule has 73 heavy (non-hydrogen) atoms. The van der Waals surface area contributed by atoms with Gasteiger partial charge in [-0.05, 0) is 121 Å². The van der Waals surface area contributed by atoms with Gasteiger partial charge in [-0.25, -0.2) is 26.9 Å². The first-order valence-corrected chi connectivity index (χ1v) is 21.9. The van der Waals surface area contributed by atoms with E-state index in [9.17, 15) is 32.6 Å². The number of anilines is 2. The van der Waals surface area contributed by atoms with Crippen LogP contribution in [0.4, 0.5) is 46.5 Å². The highest BCUT2D eigenvalue weighted by Crippen LogP contribution is 2.48. The number of aliphatic hydroxyl groups is 2. The van der Waals surface area contributed by atoms with Crippen LogP contribution in [0, 0.1) is 34.6 Å². The van der Waals surface area contributed by atoms with E-state index in [0.29, 0.717) is 52.1 Å². The van der Waals surface area contributed by atoms with Crippen molar-refractivity contribution in [3.05, 3.63) is 190 Å². The molecule has 9 rings (SSSR count). The monoisotopic (exact) mass is 1080 g/mol. The number of carbonyl (C=O) groups excluding carboxylic acids is 1. The van der Waals surface area contributed by atoms with Crippen LogP contribution in [0.3, 0.4) is 0 Å². The first-order valence-electron chi connectivity index (χ1n) is 21.1. The molecule has 1 aliphatic heterocycles. The molecule has 0 spiro atoms. The molecule has 1 aliphatic rings. The van der Waals surface area contributed by atoms with Crippen LogP contribution in [0.2, 0.25) is 0 Å². The van der Waals surface area contributed by atoms with E-state index >= 15 is 17.6 Å². The Hall–Kier alpha value is -8.08. The van der Waals surface area contributed by atoms with Gasteiger partial charge in [0.2, 0.25) is 5.91 Å². The lowest BCUT2D eigenvalue weighted by Crippen LogP contribution is -2.50. The smallest absolute Gasteiger partial charge is 0.323 e.